The van der Waals surface area contributed by atoms with Crippen LogP contribution in [0.15, 0.2) is 231 Å². The number of hydrogen-bond donors (Lipinski definition) is 0. The second kappa shape index (κ2) is 14.2. The van der Waals surface area contributed by atoms with Gasteiger partial charge in [0.15, 0.2) is 0 Å². The average Bonchev–Trinajstić information content (AvgIpc) is 3.57. The molecule has 59 heavy (non-hydrogen) atoms. The third-order valence-corrected chi connectivity index (χ3v) is 12.5. The second-order valence-electron chi connectivity index (χ2n) is 15.7. The van der Waals surface area contributed by atoms with Crippen LogP contribution in [0.25, 0.3) is 66.1 Å². The normalized spacial score (nSPS) is 14.3. The number of fused-ring (bicyclic) bond motifs is 6. The topological polar surface area (TPSA) is 3.24 Å². The van der Waals surface area contributed by atoms with Gasteiger partial charge in [0.25, 0.3) is 0 Å². The van der Waals surface area contributed by atoms with E-state index >= 15 is 0 Å². The summed E-state index contributed by atoms with van der Waals surface area (Å²) in [5.41, 5.74) is 16.9. The van der Waals surface area contributed by atoms with Crippen LogP contribution in [0.5, 0.6) is 0 Å². The van der Waals surface area contributed by atoms with E-state index < -0.39 is 0 Å². The Hall–Kier alpha value is -7.48. The summed E-state index contributed by atoms with van der Waals surface area (Å²) < 4.78 is 0. The molecule has 0 N–H and O–H groups in total. The first kappa shape index (κ1) is 34.7. The van der Waals surface area contributed by atoms with E-state index in [4.69, 9.17) is 0 Å². The van der Waals surface area contributed by atoms with Gasteiger partial charge in [0, 0.05) is 22.4 Å². The first-order valence-electron chi connectivity index (χ1n) is 20.5. The van der Waals surface area contributed by atoms with E-state index in [1.807, 2.05) is 0 Å². The Balaban J connectivity index is 1.14. The summed E-state index contributed by atoms with van der Waals surface area (Å²) >= 11 is 0. The highest BCUT2D eigenvalue weighted by atomic mass is 15.1. The largest absolute Gasteiger partial charge is 0.310 e. The quantitative estimate of drug-likeness (QED) is 0.147. The molecule has 0 aliphatic heterocycles. The molecular formula is C58H41N. The molecule has 1 aliphatic carbocycles. The number of anilines is 3. The lowest BCUT2D eigenvalue weighted by Crippen LogP contribution is -2.22. The molecule has 0 heterocycles. The highest BCUT2D eigenvalue weighted by Crippen LogP contribution is 2.54. The molecule has 0 amide bonds. The van der Waals surface area contributed by atoms with Gasteiger partial charge in [-0.15, -0.1) is 0 Å². The number of nitrogens with zero attached hydrogens (tertiary/aromatic N) is 1. The summed E-state index contributed by atoms with van der Waals surface area (Å²) in [6.07, 6.45) is 0. The van der Waals surface area contributed by atoms with Crippen molar-refractivity contribution in [3.05, 3.63) is 247 Å². The van der Waals surface area contributed by atoms with Crippen LogP contribution in [0.4, 0.5) is 17.1 Å². The van der Waals surface area contributed by atoms with Gasteiger partial charge in [-0.2, -0.15) is 0 Å². The third-order valence-electron chi connectivity index (χ3n) is 12.5. The van der Waals surface area contributed by atoms with Crippen molar-refractivity contribution in [3.8, 4) is 44.5 Å². The lowest BCUT2D eigenvalue weighted by Gasteiger charge is -2.30. The van der Waals surface area contributed by atoms with Gasteiger partial charge in [0.2, 0.25) is 0 Å². The minimum atomic E-state index is -0.258. The number of rotatable bonds is 7. The van der Waals surface area contributed by atoms with Gasteiger partial charge in [-0.25, -0.2) is 0 Å². The minimum absolute atomic E-state index is 0.258. The van der Waals surface area contributed by atoms with Crippen LogP contribution >= 0.6 is 0 Å². The summed E-state index contributed by atoms with van der Waals surface area (Å²) in [6.45, 7) is 2.38. The van der Waals surface area contributed by atoms with Gasteiger partial charge in [0.05, 0.1) is 5.69 Å². The van der Waals surface area contributed by atoms with Gasteiger partial charge in [-0.1, -0.05) is 194 Å². The Bertz CT molecular complexity index is 3150. The van der Waals surface area contributed by atoms with Crippen molar-refractivity contribution in [2.45, 2.75) is 12.3 Å². The summed E-state index contributed by atoms with van der Waals surface area (Å²) in [5, 5.41) is 5.00. The predicted molar refractivity (Wildman–Crippen MR) is 250 cm³/mol. The van der Waals surface area contributed by atoms with Crippen molar-refractivity contribution < 1.29 is 0 Å². The maximum absolute atomic E-state index is 2.44. The Kier molecular flexibility index (Phi) is 8.34. The molecule has 10 aromatic carbocycles. The van der Waals surface area contributed by atoms with Crippen molar-refractivity contribution >= 4 is 38.6 Å². The molecule has 1 aliphatic rings. The summed E-state index contributed by atoms with van der Waals surface area (Å²) in [5.74, 6) is 0. The zero-order chi connectivity index (χ0) is 39.3. The second-order valence-corrected chi connectivity index (χ2v) is 15.7. The fraction of sp³-hybridized carbons (Fsp3) is 0.0345. The molecule has 0 bridgehead atoms. The van der Waals surface area contributed by atoms with E-state index in [9.17, 15) is 0 Å². The molecular weight excluding hydrogens is 711 g/mol. The van der Waals surface area contributed by atoms with Gasteiger partial charge in [0.1, 0.15) is 0 Å². The molecule has 1 nitrogen and oxygen atoms in total. The highest BCUT2D eigenvalue weighted by Gasteiger charge is 2.41. The molecule has 11 rings (SSSR count). The van der Waals surface area contributed by atoms with E-state index in [-0.39, 0.29) is 5.41 Å². The van der Waals surface area contributed by atoms with Gasteiger partial charge >= 0.3 is 0 Å². The summed E-state index contributed by atoms with van der Waals surface area (Å²) in [7, 11) is 0. The Labute approximate surface area is 346 Å². The SMILES string of the molecule is CC1(c2ccccc2)c2ccccc2-c2cc(N(c3ccccc3)c3ccccc3-c3ccc4c(c3)c(-c3ccccc3)c(-c3ccccc3)c3ccccc34)ccc21. The van der Waals surface area contributed by atoms with Crippen molar-refractivity contribution in [2.75, 3.05) is 4.90 Å². The number of para-hydroxylation sites is 2. The lowest BCUT2D eigenvalue weighted by atomic mass is 9.74. The molecule has 0 saturated heterocycles. The van der Waals surface area contributed by atoms with Crippen LogP contribution < -0.4 is 4.90 Å². The van der Waals surface area contributed by atoms with E-state index in [0.29, 0.717) is 0 Å². The smallest absolute Gasteiger partial charge is 0.0540 e. The van der Waals surface area contributed by atoms with E-state index in [1.54, 1.807) is 0 Å². The molecule has 278 valence electrons. The zero-order valence-electron chi connectivity index (χ0n) is 32.9. The predicted octanol–water partition coefficient (Wildman–Crippen LogP) is 15.8. The van der Waals surface area contributed by atoms with Crippen molar-refractivity contribution in [3.63, 3.8) is 0 Å². The average molecular weight is 752 g/mol. The molecule has 0 saturated carbocycles. The molecule has 1 atom stereocenters. The number of hydrogen-bond acceptors (Lipinski definition) is 1. The molecule has 1 heteroatoms. The summed E-state index contributed by atoms with van der Waals surface area (Å²) in [4.78, 5) is 2.44. The first-order chi connectivity index (χ1) is 29.2. The highest BCUT2D eigenvalue weighted by molar-refractivity contribution is 6.22. The van der Waals surface area contributed by atoms with E-state index in [1.165, 1.54) is 82.7 Å². The lowest BCUT2D eigenvalue weighted by molar-refractivity contribution is 0.714. The molecule has 0 radical (unpaired) electrons. The van der Waals surface area contributed by atoms with Crippen LogP contribution in [0, 0.1) is 0 Å². The first-order valence-corrected chi connectivity index (χ1v) is 20.5. The fourth-order valence-electron chi connectivity index (χ4n) is 9.80. The summed E-state index contributed by atoms with van der Waals surface area (Å²) in [6, 6.07) is 84.5. The van der Waals surface area contributed by atoms with Crippen LogP contribution in [0.2, 0.25) is 0 Å². The van der Waals surface area contributed by atoms with E-state index in [2.05, 4.69) is 242 Å². The molecule has 0 spiro atoms. The van der Waals surface area contributed by atoms with Crippen LogP contribution in [-0.4, -0.2) is 0 Å². The third kappa shape index (κ3) is 5.62. The van der Waals surface area contributed by atoms with Crippen molar-refractivity contribution in [1.82, 2.24) is 0 Å². The van der Waals surface area contributed by atoms with Crippen LogP contribution in [0.3, 0.4) is 0 Å². The van der Waals surface area contributed by atoms with Crippen molar-refractivity contribution in [2.24, 2.45) is 0 Å². The maximum atomic E-state index is 2.44. The number of benzene rings is 10. The molecule has 0 aromatic heterocycles. The van der Waals surface area contributed by atoms with Gasteiger partial charge in [-0.3, -0.25) is 0 Å². The van der Waals surface area contributed by atoms with Gasteiger partial charge < -0.3 is 4.90 Å². The Morgan fingerprint density at radius 1 is 0.322 bits per heavy atom. The van der Waals surface area contributed by atoms with Crippen LogP contribution in [0.1, 0.15) is 23.6 Å². The van der Waals surface area contributed by atoms with Crippen molar-refractivity contribution in [1.29, 1.82) is 0 Å². The zero-order valence-corrected chi connectivity index (χ0v) is 32.9. The Morgan fingerprint density at radius 3 is 1.56 bits per heavy atom. The Morgan fingerprint density at radius 2 is 0.847 bits per heavy atom. The van der Waals surface area contributed by atoms with Crippen LogP contribution in [-0.2, 0) is 5.41 Å². The van der Waals surface area contributed by atoms with Gasteiger partial charge in [-0.05, 0) is 121 Å². The minimum Gasteiger partial charge on any atom is -0.310 e. The molecule has 1 unspecified atom stereocenters. The monoisotopic (exact) mass is 751 g/mol. The molecule has 10 aromatic rings. The molecule has 0 fully saturated rings. The fourth-order valence-corrected chi connectivity index (χ4v) is 9.80. The maximum Gasteiger partial charge on any atom is 0.0540 e. The van der Waals surface area contributed by atoms with E-state index in [0.717, 1.165) is 17.1 Å². The standard InChI is InChI=1S/C58H41N/c1-58(43-24-10-4-11-25-43)53-32-18-16-30-49(53)51-39-45(35-37-54(51)58)59(44-26-12-5-13-27-44)55-33-19-17-28-46(55)42-34-36-48-47-29-14-15-31-50(47)56(40-20-6-2-7-21-40)57(52(48)38-42)41-22-8-3-9-23-41/h2-39H,1H3.